The first kappa shape index (κ1) is 10.3. The molecule has 1 aromatic carbocycles. The normalized spacial score (nSPS) is 11.5. The van der Waals surface area contributed by atoms with Crippen LogP contribution in [0.1, 0.15) is 24.0 Å². The maximum atomic E-state index is 11.2. The van der Waals surface area contributed by atoms with Gasteiger partial charge in [-0.05, 0) is 18.6 Å². The summed E-state index contributed by atoms with van der Waals surface area (Å²) in [7, 11) is 1.34. The monoisotopic (exact) mass is 189 g/mol. The van der Waals surface area contributed by atoms with Crippen molar-refractivity contribution >= 4 is 5.97 Å². The molecule has 0 saturated carbocycles. The van der Waals surface area contributed by atoms with E-state index in [1.54, 1.807) is 31.2 Å². The fourth-order valence-corrected chi connectivity index (χ4v) is 1.28. The summed E-state index contributed by atoms with van der Waals surface area (Å²) in [5.41, 5.74) is 1.23. The maximum absolute atomic E-state index is 11.2. The number of nitriles is 1. The Labute approximate surface area is 82.9 Å². The van der Waals surface area contributed by atoms with Crippen LogP contribution in [-0.2, 0) is 9.53 Å². The van der Waals surface area contributed by atoms with E-state index in [1.807, 2.05) is 6.07 Å². The van der Waals surface area contributed by atoms with Crippen LogP contribution < -0.4 is 0 Å². The van der Waals surface area contributed by atoms with Crippen LogP contribution in [-0.4, -0.2) is 13.1 Å². The molecule has 1 atom stereocenters. The Morgan fingerprint density at radius 1 is 1.50 bits per heavy atom. The smallest absolute Gasteiger partial charge is 0.312 e. The molecular weight excluding hydrogens is 178 g/mol. The molecule has 3 nitrogen and oxygen atoms in total. The molecule has 0 N–H and O–H groups in total. The van der Waals surface area contributed by atoms with Crippen LogP contribution in [0.5, 0.6) is 0 Å². The fraction of sp³-hybridized carbons (Fsp3) is 0.273. The van der Waals surface area contributed by atoms with Gasteiger partial charge in [-0.25, -0.2) is 0 Å². The molecule has 0 fully saturated rings. The van der Waals surface area contributed by atoms with Gasteiger partial charge in [-0.15, -0.1) is 0 Å². The van der Waals surface area contributed by atoms with Crippen molar-refractivity contribution in [3.05, 3.63) is 35.4 Å². The van der Waals surface area contributed by atoms with Crippen LogP contribution in [0.4, 0.5) is 0 Å². The van der Waals surface area contributed by atoms with Gasteiger partial charge in [0.2, 0.25) is 0 Å². The third kappa shape index (κ3) is 1.91. The molecule has 1 rings (SSSR count). The number of methoxy groups -OCH3 is 1. The largest absolute Gasteiger partial charge is 0.469 e. The fourth-order valence-electron chi connectivity index (χ4n) is 1.28. The van der Waals surface area contributed by atoms with Crippen molar-refractivity contribution in [2.24, 2.45) is 0 Å². The standard InChI is InChI=1S/C11H11NO2/c1-8(11(13)14-2)10-6-4-3-5-9(10)7-12/h3-6,8H,1-2H3/t8-/m1/s1. The van der Waals surface area contributed by atoms with Gasteiger partial charge < -0.3 is 4.74 Å². The molecule has 14 heavy (non-hydrogen) atoms. The highest BCUT2D eigenvalue weighted by Crippen LogP contribution is 2.20. The van der Waals surface area contributed by atoms with Gasteiger partial charge in [-0.1, -0.05) is 18.2 Å². The van der Waals surface area contributed by atoms with Gasteiger partial charge in [0.15, 0.2) is 0 Å². The lowest BCUT2D eigenvalue weighted by atomic mass is 9.96. The van der Waals surface area contributed by atoms with Gasteiger partial charge in [0.1, 0.15) is 0 Å². The van der Waals surface area contributed by atoms with Gasteiger partial charge in [0, 0.05) is 0 Å². The van der Waals surface area contributed by atoms with Crippen molar-refractivity contribution in [3.63, 3.8) is 0 Å². The van der Waals surface area contributed by atoms with Crippen LogP contribution in [0.3, 0.4) is 0 Å². The summed E-state index contributed by atoms with van der Waals surface area (Å²) in [5, 5.41) is 8.82. The van der Waals surface area contributed by atoms with Crippen molar-refractivity contribution in [2.75, 3.05) is 7.11 Å². The SMILES string of the molecule is COC(=O)[C@H](C)c1ccccc1C#N. The zero-order chi connectivity index (χ0) is 10.6. The minimum absolute atomic E-state index is 0.326. The highest BCUT2D eigenvalue weighted by atomic mass is 16.5. The summed E-state index contributed by atoms with van der Waals surface area (Å²) in [4.78, 5) is 11.2. The lowest BCUT2D eigenvalue weighted by Crippen LogP contribution is -2.11. The van der Waals surface area contributed by atoms with Crippen LogP contribution >= 0.6 is 0 Å². The number of hydrogen-bond donors (Lipinski definition) is 0. The summed E-state index contributed by atoms with van der Waals surface area (Å²) in [6.07, 6.45) is 0. The number of hydrogen-bond acceptors (Lipinski definition) is 3. The average Bonchev–Trinajstić information content (AvgIpc) is 2.26. The van der Waals surface area contributed by atoms with Crippen LogP contribution in [0.25, 0.3) is 0 Å². The molecular formula is C11H11NO2. The first-order chi connectivity index (χ1) is 6.70. The van der Waals surface area contributed by atoms with Crippen LogP contribution in [0, 0.1) is 11.3 Å². The molecule has 0 aliphatic carbocycles. The number of esters is 1. The molecule has 1 aromatic rings. The predicted octanol–water partition coefficient (Wildman–Crippen LogP) is 1.83. The molecule has 0 aromatic heterocycles. The molecule has 0 unspecified atom stereocenters. The summed E-state index contributed by atoms with van der Waals surface area (Å²) in [6, 6.07) is 9.07. The van der Waals surface area contributed by atoms with Gasteiger partial charge in [0.05, 0.1) is 24.7 Å². The second kappa shape index (κ2) is 4.43. The molecule has 0 radical (unpaired) electrons. The maximum Gasteiger partial charge on any atom is 0.312 e. The minimum Gasteiger partial charge on any atom is -0.469 e. The van der Waals surface area contributed by atoms with E-state index in [9.17, 15) is 4.79 Å². The third-order valence-electron chi connectivity index (χ3n) is 2.10. The topological polar surface area (TPSA) is 50.1 Å². The molecule has 0 amide bonds. The van der Waals surface area contributed by atoms with Crippen LogP contribution in [0.15, 0.2) is 24.3 Å². The number of rotatable bonds is 2. The van der Waals surface area contributed by atoms with E-state index in [4.69, 9.17) is 5.26 Å². The molecule has 0 saturated heterocycles. The van der Waals surface area contributed by atoms with E-state index in [-0.39, 0.29) is 5.97 Å². The van der Waals surface area contributed by atoms with Gasteiger partial charge in [0.25, 0.3) is 0 Å². The Kier molecular flexibility index (Phi) is 3.24. The Hall–Kier alpha value is -1.82. The molecule has 0 spiro atoms. The van der Waals surface area contributed by atoms with E-state index < -0.39 is 5.92 Å². The first-order valence-corrected chi connectivity index (χ1v) is 4.27. The Balaban J connectivity index is 3.07. The quantitative estimate of drug-likeness (QED) is 0.667. The zero-order valence-corrected chi connectivity index (χ0v) is 8.15. The highest BCUT2D eigenvalue weighted by Gasteiger charge is 2.18. The second-order valence-corrected chi connectivity index (χ2v) is 2.94. The van der Waals surface area contributed by atoms with E-state index in [1.165, 1.54) is 7.11 Å². The molecule has 0 heterocycles. The Bertz CT molecular complexity index is 379. The van der Waals surface area contributed by atoms with Crippen molar-refractivity contribution in [3.8, 4) is 6.07 Å². The summed E-state index contributed by atoms with van der Waals surface area (Å²) < 4.78 is 4.62. The van der Waals surface area contributed by atoms with Gasteiger partial charge in [-0.2, -0.15) is 5.26 Å². The summed E-state index contributed by atoms with van der Waals surface area (Å²) in [5.74, 6) is -0.719. The third-order valence-corrected chi connectivity index (χ3v) is 2.10. The van der Waals surface area contributed by atoms with E-state index >= 15 is 0 Å². The average molecular weight is 189 g/mol. The number of nitrogens with zero attached hydrogens (tertiary/aromatic N) is 1. The minimum atomic E-state index is -0.393. The molecule has 3 heteroatoms. The molecule has 72 valence electrons. The van der Waals surface area contributed by atoms with Crippen molar-refractivity contribution in [1.29, 1.82) is 5.26 Å². The number of ether oxygens (including phenoxy) is 1. The lowest BCUT2D eigenvalue weighted by molar-refractivity contribution is -0.141. The van der Waals surface area contributed by atoms with E-state index in [0.29, 0.717) is 11.1 Å². The van der Waals surface area contributed by atoms with E-state index in [0.717, 1.165) is 0 Å². The summed E-state index contributed by atoms with van der Waals surface area (Å²) >= 11 is 0. The van der Waals surface area contributed by atoms with Gasteiger partial charge >= 0.3 is 5.97 Å². The number of benzene rings is 1. The number of carbonyl (C=O) groups is 1. The first-order valence-electron chi connectivity index (χ1n) is 4.27. The number of carbonyl (C=O) groups excluding carboxylic acids is 1. The molecule has 0 aliphatic rings. The molecule has 0 bridgehead atoms. The zero-order valence-electron chi connectivity index (χ0n) is 8.15. The summed E-state index contributed by atoms with van der Waals surface area (Å²) in [6.45, 7) is 1.72. The van der Waals surface area contributed by atoms with Crippen molar-refractivity contribution in [1.82, 2.24) is 0 Å². The predicted molar refractivity (Wildman–Crippen MR) is 51.6 cm³/mol. The van der Waals surface area contributed by atoms with E-state index in [2.05, 4.69) is 4.74 Å². The van der Waals surface area contributed by atoms with Crippen LogP contribution in [0.2, 0.25) is 0 Å². The Morgan fingerprint density at radius 2 is 2.14 bits per heavy atom. The highest BCUT2D eigenvalue weighted by molar-refractivity contribution is 5.78. The van der Waals surface area contributed by atoms with Gasteiger partial charge in [-0.3, -0.25) is 4.79 Å². The Morgan fingerprint density at radius 3 is 2.71 bits per heavy atom. The second-order valence-electron chi connectivity index (χ2n) is 2.94. The molecule has 0 aliphatic heterocycles. The van der Waals surface area contributed by atoms with Crippen molar-refractivity contribution < 1.29 is 9.53 Å². The van der Waals surface area contributed by atoms with Crippen molar-refractivity contribution in [2.45, 2.75) is 12.8 Å². The lowest BCUT2D eigenvalue weighted by Gasteiger charge is -2.10.